The first kappa shape index (κ1) is 12.0. The highest BCUT2D eigenvalue weighted by Crippen LogP contribution is 2.28. The zero-order chi connectivity index (χ0) is 11.7. The quantitative estimate of drug-likeness (QED) is 0.634. The van der Waals surface area contributed by atoms with Crippen LogP contribution in [0.15, 0.2) is 18.2 Å². The number of benzene rings is 1. The molecular formula is C12H17IN2O. The fourth-order valence-corrected chi connectivity index (χ4v) is 2.54. The molecule has 1 aliphatic rings. The highest BCUT2D eigenvalue weighted by molar-refractivity contribution is 14.1. The fraction of sp³-hybridized carbons (Fsp3) is 0.500. The highest BCUT2D eigenvalue weighted by Gasteiger charge is 2.24. The Bertz CT molecular complexity index is 383. The molecule has 0 radical (unpaired) electrons. The van der Waals surface area contributed by atoms with Crippen LogP contribution >= 0.6 is 22.6 Å². The van der Waals surface area contributed by atoms with Crippen molar-refractivity contribution >= 4 is 34.0 Å². The molecule has 2 rings (SSSR count). The molecule has 1 aliphatic heterocycles. The van der Waals surface area contributed by atoms with E-state index < -0.39 is 0 Å². The van der Waals surface area contributed by atoms with E-state index in [4.69, 9.17) is 10.5 Å². The Hall–Kier alpha value is -0.490. The van der Waals surface area contributed by atoms with E-state index in [2.05, 4.69) is 53.5 Å². The Balaban J connectivity index is 2.28. The third kappa shape index (κ3) is 2.43. The zero-order valence-electron chi connectivity index (χ0n) is 9.61. The molecule has 0 bridgehead atoms. The third-order valence-electron chi connectivity index (χ3n) is 2.91. The summed E-state index contributed by atoms with van der Waals surface area (Å²) in [4.78, 5) is 2.33. The van der Waals surface area contributed by atoms with Gasteiger partial charge in [0.1, 0.15) is 0 Å². The SMILES string of the molecule is CC1CN(c2ccc(I)cc2N)C(C)CO1. The summed E-state index contributed by atoms with van der Waals surface area (Å²) in [5.74, 6) is 0. The maximum Gasteiger partial charge on any atom is 0.0723 e. The Morgan fingerprint density at radius 1 is 1.44 bits per heavy atom. The number of nitrogen functional groups attached to an aromatic ring is 1. The zero-order valence-corrected chi connectivity index (χ0v) is 11.8. The molecule has 0 aliphatic carbocycles. The summed E-state index contributed by atoms with van der Waals surface area (Å²) in [5, 5.41) is 0. The average Bonchev–Trinajstić information content (AvgIpc) is 2.22. The molecule has 3 nitrogen and oxygen atoms in total. The normalized spacial score (nSPS) is 25.8. The topological polar surface area (TPSA) is 38.5 Å². The first-order chi connectivity index (χ1) is 7.58. The van der Waals surface area contributed by atoms with Crippen molar-refractivity contribution in [1.82, 2.24) is 0 Å². The van der Waals surface area contributed by atoms with Gasteiger partial charge in [-0.05, 0) is 54.6 Å². The number of morpholine rings is 1. The predicted molar refractivity (Wildman–Crippen MR) is 75.8 cm³/mol. The molecule has 1 aromatic carbocycles. The summed E-state index contributed by atoms with van der Waals surface area (Å²) in [6.45, 7) is 5.95. The number of halogens is 1. The summed E-state index contributed by atoms with van der Waals surface area (Å²) in [6, 6.07) is 6.60. The van der Waals surface area contributed by atoms with Gasteiger partial charge in [0.15, 0.2) is 0 Å². The molecule has 0 saturated carbocycles. The van der Waals surface area contributed by atoms with E-state index in [1.165, 1.54) is 3.57 Å². The van der Waals surface area contributed by atoms with Crippen LogP contribution in [0.4, 0.5) is 11.4 Å². The van der Waals surface area contributed by atoms with Gasteiger partial charge in [0.05, 0.1) is 24.1 Å². The summed E-state index contributed by atoms with van der Waals surface area (Å²) in [7, 11) is 0. The lowest BCUT2D eigenvalue weighted by Crippen LogP contribution is -2.47. The van der Waals surface area contributed by atoms with Gasteiger partial charge in [0, 0.05) is 16.2 Å². The van der Waals surface area contributed by atoms with Crippen LogP contribution in [0.2, 0.25) is 0 Å². The molecule has 16 heavy (non-hydrogen) atoms. The minimum absolute atomic E-state index is 0.273. The van der Waals surface area contributed by atoms with Gasteiger partial charge in [-0.15, -0.1) is 0 Å². The van der Waals surface area contributed by atoms with Crippen molar-refractivity contribution < 1.29 is 4.74 Å². The van der Waals surface area contributed by atoms with E-state index in [1.54, 1.807) is 0 Å². The van der Waals surface area contributed by atoms with E-state index in [0.29, 0.717) is 6.04 Å². The molecule has 2 N–H and O–H groups in total. The lowest BCUT2D eigenvalue weighted by molar-refractivity contribution is 0.0344. The molecule has 0 spiro atoms. The fourth-order valence-electron chi connectivity index (χ4n) is 2.03. The number of rotatable bonds is 1. The Kier molecular flexibility index (Phi) is 3.59. The van der Waals surface area contributed by atoms with Crippen molar-refractivity contribution in [2.24, 2.45) is 0 Å². The lowest BCUT2D eigenvalue weighted by atomic mass is 10.1. The van der Waals surface area contributed by atoms with Crippen LogP contribution in [0.5, 0.6) is 0 Å². The number of hydrogen-bond acceptors (Lipinski definition) is 3. The molecule has 88 valence electrons. The van der Waals surface area contributed by atoms with E-state index in [-0.39, 0.29) is 6.10 Å². The smallest absolute Gasteiger partial charge is 0.0723 e. The molecule has 2 atom stereocenters. The molecule has 1 aromatic rings. The van der Waals surface area contributed by atoms with E-state index in [9.17, 15) is 0 Å². The molecule has 1 fully saturated rings. The van der Waals surface area contributed by atoms with Crippen LogP contribution in [0.1, 0.15) is 13.8 Å². The molecular weight excluding hydrogens is 315 g/mol. The highest BCUT2D eigenvalue weighted by atomic mass is 127. The molecule has 1 heterocycles. The monoisotopic (exact) mass is 332 g/mol. The predicted octanol–water partition coefficient (Wildman–Crippen LogP) is 2.49. The van der Waals surface area contributed by atoms with Gasteiger partial charge in [-0.25, -0.2) is 0 Å². The van der Waals surface area contributed by atoms with Crippen molar-refractivity contribution in [2.75, 3.05) is 23.8 Å². The largest absolute Gasteiger partial charge is 0.397 e. The van der Waals surface area contributed by atoms with Crippen LogP contribution in [-0.2, 0) is 4.74 Å². The van der Waals surface area contributed by atoms with Crippen molar-refractivity contribution in [3.05, 3.63) is 21.8 Å². The lowest BCUT2D eigenvalue weighted by Gasteiger charge is -2.39. The average molecular weight is 332 g/mol. The number of nitrogens with two attached hydrogens (primary N) is 1. The van der Waals surface area contributed by atoms with Gasteiger partial charge in [0.2, 0.25) is 0 Å². The standard InChI is InChI=1S/C12H17IN2O/c1-8-7-16-9(2)6-15(8)12-4-3-10(13)5-11(12)14/h3-5,8-9H,6-7,14H2,1-2H3. The van der Waals surface area contributed by atoms with Gasteiger partial charge >= 0.3 is 0 Å². The minimum Gasteiger partial charge on any atom is -0.397 e. The van der Waals surface area contributed by atoms with Crippen LogP contribution in [0.3, 0.4) is 0 Å². The first-order valence-corrected chi connectivity index (χ1v) is 6.59. The van der Waals surface area contributed by atoms with Crippen LogP contribution in [-0.4, -0.2) is 25.3 Å². The summed E-state index contributed by atoms with van der Waals surface area (Å²) < 4.78 is 6.80. The van der Waals surface area contributed by atoms with Crippen molar-refractivity contribution in [1.29, 1.82) is 0 Å². The number of hydrogen-bond donors (Lipinski definition) is 1. The maximum atomic E-state index is 6.07. The second-order valence-electron chi connectivity index (χ2n) is 4.35. The number of anilines is 2. The van der Waals surface area contributed by atoms with E-state index >= 15 is 0 Å². The van der Waals surface area contributed by atoms with E-state index in [0.717, 1.165) is 24.5 Å². The molecule has 4 heteroatoms. The van der Waals surface area contributed by atoms with E-state index in [1.807, 2.05) is 6.07 Å². The Morgan fingerprint density at radius 2 is 2.19 bits per heavy atom. The van der Waals surface area contributed by atoms with Crippen molar-refractivity contribution in [2.45, 2.75) is 26.0 Å². The number of ether oxygens (including phenoxy) is 1. The molecule has 1 saturated heterocycles. The van der Waals surface area contributed by atoms with Crippen LogP contribution < -0.4 is 10.6 Å². The molecule has 2 unspecified atom stereocenters. The van der Waals surface area contributed by atoms with Crippen molar-refractivity contribution in [3.63, 3.8) is 0 Å². The second-order valence-corrected chi connectivity index (χ2v) is 5.59. The Morgan fingerprint density at radius 3 is 2.88 bits per heavy atom. The Labute approximate surface area is 110 Å². The van der Waals surface area contributed by atoms with Gasteiger partial charge < -0.3 is 15.4 Å². The van der Waals surface area contributed by atoms with Gasteiger partial charge in [0.25, 0.3) is 0 Å². The second kappa shape index (κ2) is 4.79. The molecule has 0 amide bonds. The molecule has 0 aromatic heterocycles. The summed E-state index contributed by atoms with van der Waals surface area (Å²) in [5.41, 5.74) is 8.05. The van der Waals surface area contributed by atoms with Crippen LogP contribution in [0, 0.1) is 3.57 Å². The maximum absolute atomic E-state index is 6.07. The van der Waals surface area contributed by atoms with Gasteiger partial charge in [-0.2, -0.15) is 0 Å². The van der Waals surface area contributed by atoms with Crippen LogP contribution in [0.25, 0.3) is 0 Å². The minimum atomic E-state index is 0.273. The number of nitrogens with zero attached hydrogens (tertiary/aromatic N) is 1. The summed E-state index contributed by atoms with van der Waals surface area (Å²) >= 11 is 2.28. The summed E-state index contributed by atoms with van der Waals surface area (Å²) in [6.07, 6.45) is 0.273. The first-order valence-electron chi connectivity index (χ1n) is 5.51. The van der Waals surface area contributed by atoms with Gasteiger partial charge in [-0.3, -0.25) is 0 Å². The van der Waals surface area contributed by atoms with Gasteiger partial charge in [-0.1, -0.05) is 0 Å². The third-order valence-corrected chi connectivity index (χ3v) is 3.58. The van der Waals surface area contributed by atoms with Crippen molar-refractivity contribution in [3.8, 4) is 0 Å².